The van der Waals surface area contributed by atoms with E-state index in [9.17, 15) is 14.0 Å². The van der Waals surface area contributed by atoms with E-state index >= 15 is 0 Å². The number of hydrogen-bond donors (Lipinski definition) is 2. The second kappa shape index (κ2) is 9.92. The van der Waals surface area contributed by atoms with Crippen LogP contribution in [0.3, 0.4) is 0 Å². The van der Waals surface area contributed by atoms with Crippen molar-refractivity contribution >= 4 is 17.6 Å². The summed E-state index contributed by atoms with van der Waals surface area (Å²) in [5.74, 6) is -1.41. The van der Waals surface area contributed by atoms with E-state index in [0.29, 0.717) is 12.1 Å². The van der Waals surface area contributed by atoms with Gasteiger partial charge in [-0.1, -0.05) is 39.0 Å². The number of anilines is 1. The fourth-order valence-corrected chi connectivity index (χ4v) is 2.18. The van der Waals surface area contributed by atoms with Crippen LogP contribution < -0.4 is 5.32 Å². The lowest BCUT2D eigenvalue weighted by Crippen LogP contribution is -2.17. The lowest BCUT2D eigenvalue weighted by molar-refractivity contribution is -0.117. The Labute approximate surface area is 130 Å². The molecule has 1 unspecified atom stereocenters. The van der Waals surface area contributed by atoms with Gasteiger partial charge in [-0.3, -0.25) is 4.79 Å². The second-order valence-corrected chi connectivity index (χ2v) is 5.43. The van der Waals surface area contributed by atoms with Crippen LogP contribution in [-0.4, -0.2) is 23.2 Å². The first-order valence-corrected chi connectivity index (χ1v) is 7.80. The van der Waals surface area contributed by atoms with Gasteiger partial charge in [0.2, 0.25) is 5.91 Å². The average molecular weight is 309 g/mol. The summed E-state index contributed by atoms with van der Waals surface area (Å²) in [6, 6.07) is 5.80. The zero-order valence-electron chi connectivity index (χ0n) is 13.0. The molecule has 122 valence electrons. The van der Waals surface area contributed by atoms with E-state index in [0.717, 1.165) is 25.7 Å². The molecule has 1 aromatic rings. The molecule has 0 aliphatic rings. The molecule has 0 aromatic heterocycles. The summed E-state index contributed by atoms with van der Waals surface area (Å²) in [5.41, 5.74) is 0.624. The predicted molar refractivity (Wildman–Crippen MR) is 84.9 cm³/mol. The fraction of sp³-hybridized carbons (Fsp3) is 0.529. The normalized spacial score (nSPS) is 11.9. The predicted octanol–water partition coefficient (Wildman–Crippen LogP) is 4.41. The molecule has 0 aliphatic heterocycles. The maximum Gasteiger partial charge on any atom is 0.335 e. The first-order chi connectivity index (χ1) is 10.5. The van der Waals surface area contributed by atoms with Gasteiger partial charge < -0.3 is 10.4 Å². The summed E-state index contributed by atoms with van der Waals surface area (Å²) >= 11 is 0. The van der Waals surface area contributed by atoms with E-state index in [2.05, 4.69) is 12.2 Å². The van der Waals surface area contributed by atoms with Crippen LogP contribution in [0.4, 0.5) is 10.1 Å². The Kier molecular flexibility index (Phi) is 8.18. The van der Waals surface area contributed by atoms with Gasteiger partial charge in [0.15, 0.2) is 0 Å². The molecule has 2 N–H and O–H groups in total. The number of carboxylic acid groups (broad SMARTS) is 1. The molecule has 1 atom stereocenters. The number of rotatable bonds is 10. The minimum atomic E-state index is -1.13. The van der Waals surface area contributed by atoms with Gasteiger partial charge in [-0.05, 0) is 30.7 Å². The van der Waals surface area contributed by atoms with Gasteiger partial charge >= 0.3 is 5.97 Å². The van der Waals surface area contributed by atoms with Gasteiger partial charge in [-0.15, -0.1) is 0 Å². The highest BCUT2D eigenvalue weighted by molar-refractivity contribution is 5.92. The van der Waals surface area contributed by atoms with Gasteiger partial charge in [-0.2, -0.15) is 0 Å². The Morgan fingerprint density at radius 1 is 1.14 bits per heavy atom. The SMILES string of the molecule is CCCCCCCC(F)CC(=O)Nc1ccc(C(=O)O)cc1. The zero-order chi connectivity index (χ0) is 16.4. The molecule has 5 heteroatoms. The van der Waals surface area contributed by atoms with Gasteiger partial charge in [0.05, 0.1) is 12.0 Å². The summed E-state index contributed by atoms with van der Waals surface area (Å²) in [5, 5.41) is 11.4. The molecule has 0 spiro atoms. The van der Waals surface area contributed by atoms with E-state index in [1.54, 1.807) is 0 Å². The second-order valence-electron chi connectivity index (χ2n) is 5.43. The van der Waals surface area contributed by atoms with Crippen LogP contribution in [0.1, 0.15) is 62.2 Å². The number of benzene rings is 1. The summed E-state index contributed by atoms with van der Waals surface area (Å²) in [6.45, 7) is 2.13. The number of nitrogens with one attached hydrogen (secondary N) is 1. The van der Waals surface area contributed by atoms with Crippen molar-refractivity contribution < 1.29 is 19.1 Å². The van der Waals surface area contributed by atoms with E-state index in [-0.39, 0.29) is 17.9 Å². The molecule has 0 saturated heterocycles. The zero-order valence-corrected chi connectivity index (χ0v) is 13.0. The Hall–Kier alpha value is -1.91. The van der Waals surface area contributed by atoms with Gasteiger partial charge in [0.25, 0.3) is 0 Å². The third-order valence-electron chi connectivity index (χ3n) is 3.44. The van der Waals surface area contributed by atoms with Crippen molar-refractivity contribution in [3.8, 4) is 0 Å². The number of carbonyl (C=O) groups is 2. The Balaban J connectivity index is 2.28. The molecule has 4 nitrogen and oxygen atoms in total. The largest absolute Gasteiger partial charge is 0.478 e. The standard InChI is InChI=1S/C17H24FNO3/c1-2-3-4-5-6-7-14(18)12-16(20)19-15-10-8-13(9-11-15)17(21)22/h8-11,14H,2-7,12H2,1H3,(H,19,20)(H,21,22). The first-order valence-electron chi connectivity index (χ1n) is 7.80. The Bertz CT molecular complexity index is 473. The molecule has 0 aliphatic carbocycles. The summed E-state index contributed by atoms with van der Waals surface area (Å²) in [4.78, 5) is 22.4. The third-order valence-corrected chi connectivity index (χ3v) is 3.44. The van der Waals surface area contributed by atoms with E-state index in [1.165, 1.54) is 30.7 Å². The lowest BCUT2D eigenvalue weighted by atomic mass is 10.1. The quantitative estimate of drug-likeness (QED) is 0.629. The topological polar surface area (TPSA) is 66.4 Å². The molecule has 0 fully saturated rings. The summed E-state index contributed by atoms with van der Waals surface area (Å²) in [6.07, 6.45) is 4.38. The van der Waals surface area contributed by atoms with Crippen LogP contribution in [0.25, 0.3) is 0 Å². The molecule has 22 heavy (non-hydrogen) atoms. The molecule has 1 aromatic carbocycles. The van der Waals surface area contributed by atoms with Gasteiger partial charge in [0, 0.05) is 5.69 Å². The van der Waals surface area contributed by atoms with E-state index < -0.39 is 12.1 Å². The van der Waals surface area contributed by atoms with Crippen LogP contribution in [0.5, 0.6) is 0 Å². The van der Waals surface area contributed by atoms with Gasteiger partial charge in [0.1, 0.15) is 6.17 Å². The number of unbranched alkanes of at least 4 members (excludes halogenated alkanes) is 4. The van der Waals surface area contributed by atoms with Crippen LogP contribution in [0.15, 0.2) is 24.3 Å². The maximum absolute atomic E-state index is 13.7. The smallest absolute Gasteiger partial charge is 0.335 e. The highest BCUT2D eigenvalue weighted by Crippen LogP contribution is 2.14. The van der Waals surface area contributed by atoms with Crippen molar-refractivity contribution in [1.29, 1.82) is 0 Å². The first kappa shape index (κ1) is 18.1. The molecule has 0 heterocycles. The molecular weight excluding hydrogens is 285 g/mol. The van der Waals surface area contributed by atoms with Crippen LogP contribution in [-0.2, 0) is 4.79 Å². The number of hydrogen-bond acceptors (Lipinski definition) is 2. The minimum Gasteiger partial charge on any atom is -0.478 e. The van der Waals surface area contributed by atoms with Crippen LogP contribution in [0, 0.1) is 0 Å². The molecule has 0 radical (unpaired) electrons. The van der Waals surface area contributed by atoms with Crippen molar-refractivity contribution in [2.75, 3.05) is 5.32 Å². The summed E-state index contributed by atoms with van der Waals surface area (Å²) in [7, 11) is 0. The van der Waals surface area contributed by atoms with Crippen molar-refractivity contribution in [3.63, 3.8) is 0 Å². The van der Waals surface area contributed by atoms with E-state index in [4.69, 9.17) is 5.11 Å². The number of aromatic carboxylic acids is 1. The molecule has 1 rings (SSSR count). The van der Waals surface area contributed by atoms with Crippen molar-refractivity contribution in [2.24, 2.45) is 0 Å². The molecule has 0 bridgehead atoms. The number of carboxylic acids is 1. The van der Waals surface area contributed by atoms with Gasteiger partial charge in [-0.25, -0.2) is 9.18 Å². The van der Waals surface area contributed by atoms with Crippen molar-refractivity contribution in [2.45, 2.75) is 58.0 Å². The lowest BCUT2D eigenvalue weighted by Gasteiger charge is -2.09. The Morgan fingerprint density at radius 3 is 2.36 bits per heavy atom. The number of halogens is 1. The van der Waals surface area contributed by atoms with Crippen molar-refractivity contribution in [1.82, 2.24) is 0 Å². The molecular formula is C17H24FNO3. The summed E-state index contributed by atoms with van der Waals surface area (Å²) < 4.78 is 13.7. The number of alkyl halides is 1. The molecule has 1 amide bonds. The highest BCUT2D eigenvalue weighted by atomic mass is 19.1. The fourth-order valence-electron chi connectivity index (χ4n) is 2.18. The number of carbonyl (C=O) groups excluding carboxylic acids is 1. The average Bonchev–Trinajstić information content (AvgIpc) is 2.47. The van der Waals surface area contributed by atoms with Crippen molar-refractivity contribution in [3.05, 3.63) is 29.8 Å². The molecule has 0 saturated carbocycles. The van der Waals surface area contributed by atoms with Crippen LogP contribution in [0.2, 0.25) is 0 Å². The Morgan fingerprint density at radius 2 is 1.77 bits per heavy atom. The van der Waals surface area contributed by atoms with E-state index in [1.807, 2.05) is 0 Å². The minimum absolute atomic E-state index is 0.147. The monoisotopic (exact) mass is 309 g/mol. The highest BCUT2D eigenvalue weighted by Gasteiger charge is 2.13. The number of amides is 1. The maximum atomic E-state index is 13.7. The third kappa shape index (κ3) is 7.20. The van der Waals surface area contributed by atoms with Crippen LogP contribution >= 0.6 is 0 Å².